The zero-order chi connectivity index (χ0) is 11.9. The predicted molar refractivity (Wildman–Crippen MR) is 68.7 cm³/mol. The number of aromatic nitrogens is 1. The lowest BCUT2D eigenvalue weighted by Crippen LogP contribution is -2.07. The molecule has 1 heterocycles. The van der Waals surface area contributed by atoms with E-state index in [4.69, 9.17) is 23.2 Å². The molecule has 0 radical (unpaired) electrons. The van der Waals surface area contributed by atoms with Crippen LogP contribution in [0.1, 0.15) is 25.5 Å². The standard InChI is InChI=1S/C12H11Cl2NO/c1-6(2)9-5-10(16)11-7(13)3-4-8(14)12(11)15-9/h3-6H,1-2H3,(H,15,16). The van der Waals surface area contributed by atoms with E-state index in [1.165, 1.54) is 0 Å². The van der Waals surface area contributed by atoms with Crippen LogP contribution >= 0.6 is 23.2 Å². The third-order valence-corrected chi connectivity index (χ3v) is 3.16. The molecule has 2 rings (SSSR count). The molecule has 0 amide bonds. The van der Waals surface area contributed by atoms with Crippen LogP contribution in [0, 0.1) is 0 Å². The number of nitrogens with one attached hydrogen (secondary N) is 1. The second kappa shape index (κ2) is 4.11. The number of H-pyrrole nitrogens is 1. The summed E-state index contributed by atoms with van der Waals surface area (Å²) in [6, 6.07) is 4.90. The quantitative estimate of drug-likeness (QED) is 0.823. The highest BCUT2D eigenvalue weighted by Crippen LogP contribution is 2.27. The zero-order valence-corrected chi connectivity index (χ0v) is 10.5. The summed E-state index contributed by atoms with van der Waals surface area (Å²) in [5.74, 6) is 0.243. The first kappa shape index (κ1) is 11.5. The molecule has 2 nitrogen and oxygen atoms in total. The molecule has 0 saturated heterocycles. The first-order valence-corrected chi connectivity index (χ1v) is 5.77. The molecule has 0 unspecified atom stereocenters. The first-order chi connectivity index (χ1) is 7.50. The number of halogens is 2. The normalized spacial score (nSPS) is 11.3. The number of rotatable bonds is 1. The van der Waals surface area contributed by atoms with Crippen molar-refractivity contribution < 1.29 is 0 Å². The van der Waals surface area contributed by atoms with Crippen molar-refractivity contribution in [1.82, 2.24) is 4.98 Å². The number of fused-ring (bicyclic) bond motifs is 1. The maximum Gasteiger partial charge on any atom is 0.191 e. The molecule has 84 valence electrons. The van der Waals surface area contributed by atoms with Gasteiger partial charge in [0.15, 0.2) is 5.43 Å². The van der Waals surface area contributed by atoms with Crippen molar-refractivity contribution in [1.29, 1.82) is 0 Å². The minimum absolute atomic E-state index is 0.0926. The van der Waals surface area contributed by atoms with Gasteiger partial charge >= 0.3 is 0 Å². The van der Waals surface area contributed by atoms with Crippen molar-refractivity contribution in [3.05, 3.63) is 44.2 Å². The average Bonchev–Trinajstić information content (AvgIpc) is 2.22. The number of aromatic amines is 1. The molecule has 0 fully saturated rings. The Kier molecular flexibility index (Phi) is 2.96. The molecule has 0 aliphatic heterocycles. The Morgan fingerprint density at radius 2 is 1.81 bits per heavy atom. The lowest BCUT2D eigenvalue weighted by Gasteiger charge is -2.09. The van der Waals surface area contributed by atoms with Crippen molar-refractivity contribution in [2.45, 2.75) is 19.8 Å². The maximum atomic E-state index is 11.9. The third-order valence-electron chi connectivity index (χ3n) is 2.53. The molecule has 1 aromatic carbocycles. The van der Waals surface area contributed by atoms with Gasteiger partial charge in [0.05, 0.1) is 20.9 Å². The third kappa shape index (κ3) is 1.83. The Morgan fingerprint density at radius 3 is 2.44 bits per heavy atom. The Morgan fingerprint density at radius 1 is 1.19 bits per heavy atom. The van der Waals surface area contributed by atoms with Crippen LogP contribution in [0.5, 0.6) is 0 Å². The van der Waals surface area contributed by atoms with Gasteiger partial charge in [0.25, 0.3) is 0 Å². The van der Waals surface area contributed by atoms with Crippen LogP contribution in [0.15, 0.2) is 23.0 Å². The molecule has 4 heteroatoms. The van der Waals surface area contributed by atoms with E-state index in [9.17, 15) is 4.79 Å². The maximum absolute atomic E-state index is 11.9. The Bertz CT molecular complexity index is 602. The summed E-state index contributed by atoms with van der Waals surface area (Å²) in [4.78, 5) is 15.1. The molecule has 0 atom stereocenters. The molecule has 0 spiro atoms. The largest absolute Gasteiger partial charge is 0.357 e. The Balaban J connectivity index is 2.92. The van der Waals surface area contributed by atoms with Crippen molar-refractivity contribution in [3.8, 4) is 0 Å². The predicted octanol–water partition coefficient (Wildman–Crippen LogP) is 3.96. The lowest BCUT2D eigenvalue weighted by atomic mass is 10.1. The van der Waals surface area contributed by atoms with Gasteiger partial charge < -0.3 is 4.98 Å². The molecule has 0 bridgehead atoms. The highest BCUT2D eigenvalue weighted by molar-refractivity contribution is 6.39. The monoisotopic (exact) mass is 255 g/mol. The molecular formula is C12H11Cl2NO. The second-order valence-electron chi connectivity index (χ2n) is 4.02. The van der Waals surface area contributed by atoms with Gasteiger partial charge in [-0.3, -0.25) is 4.79 Å². The smallest absolute Gasteiger partial charge is 0.191 e. The highest BCUT2D eigenvalue weighted by atomic mass is 35.5. The Hall–Kier alpha value is -0.990. The van der Waals surface area contributed by atoms with Crippen molar-refractivity contribution in [2.24, 2.45) is 0 Å². The summed E-state index contributed by atoms with van der Waals surface area (Å²) in [7, 11) is 0. The van der Waals surface area contributed by atoms with E-state index in [0.717, 1.165) is 5.69 Å². The summed E-state index contributed by atoms with van der Waals surface area (Å²) < 4.78 is 0. The molecule has 1 aromatic heterocycles. The van der Waals surface area contributed by atoms with E-state index >= 15 is 0 Å². The van der Waals surface area contributed by atoms with Crippen LogP contribution in [0.3, 0.4) is 0 Å². The van der Waals surface area contributed by atoms with Gasteiger partial charge in [-0.25, -0.2) is 0 Å². The van der Waals surface area contributed by atoms with Crippen LogP contribution in [0.4, 0.5) is 0 Å². The summed E-state index contributed by atoms with van der Waals surface area (Å²) in [5, 5.41) is 1.40. The van der Waals surface area contributed by atoms with Crippen LogP contribution in [0.25, 0.3) is 10.9 Å². The van der Waals surface area contributed by atoms with Gasteiger partial charge in [-0.2, -0.15) is 0 Å². The second-order valence-corrected chi connectivity index (χ2v) is 4.84. The molecule has 0 aliphatic rings. The van der Waals surface area contributed by atoms with Crippen molar-refractivity contribution >= 4 is 34.1 Å². The summed E-state index contributed by atoms with van der Waals surface area (Å²) in [6.45, 7) is 4.02. The fourth-order valence-corrected chi connectivity index (χ4v) is 2.08. The molecule has 0 aliphatic carbocycles. The van der Waals surface area contributed by atoms with Crippen LogP contribution in [-0.4, -0.2) is 4.98 Å². The Labute approximate surface area is 103 Å². The van der Waals surface area contributed by atoms with Gasteiger partial charge in [0.1, 0.15) is 0 Å². The van der Waals surface area contributed by atoms with E-state index in [1.807, 2.05) is 13.8 Å². The molecular weight excluding hydrogens is 245 g/mol. The fraction of sp³-hybridized carbons (Fsp3) is 0.250. The molecule has 2 aromatic rings. The molecule has 1 N–H and O–H groups in total. The number of hydrogen-bond donors (Lipinski definition) is 1. The topological polar surface area (TPSA) is 32.9 Å². The first-order valence-electron chi connectivity index (χ1n) is 5.01. The van der Waals surface area contributed by atoms with Gasteiger partial charge in [-0.15, -0.1) is 0 Å². The van der Waals surface area contributed by atoms with Gasteiger partial charge in [0, 0.05) is 11.8 Å². The summed E-state index contributed by atoms with van der Waals surface area (Å²) >= 11 is 12.0. The number of pyridine rings is 1. The fourth-order valence-electron chi connectivity index (χ4n) is 1.62. The highest BCUT2D eigenvalue weighted by Gasteiger charge is 2.10. The van der Waals surface area contributed by atoms with Gasteiger partial charge in [-0.05, 0) is 18.1 Å². The zero-order valence-electron chi connectivity index (χ0n) is 8.97. The lowest BCUT2D eigenvalue weighted by molar-refractivity contribution is 0.828. The van der Waals surface area contributed by atoms with E-state index in [0.29, 0.717) is 20.9 Å². The van der Waals surface area contributed by atoms with Gasteiger partial charge in [0.2, 0.25) is 0 Å². The van der Waals surface area contributed by atoms with Crippen molar-refractivity contribution in [2.75, 3.05) is 0 Å². The number of benzene rings is 1. The van der Waals surface area contributed by atoms with E-state index in [2.05, 4.69) is 4.98 Å². The SMILES string of the molecule is CC(C)c1cc(=O)c2c(Cl)ccc(Cl)c2[nH]1. The summed E-state index contributed by atoms with van der Waals surface area (Å²) in [5.41, 5.74) is 1.39. The summed E-state index contributed by atoms with van der Waals surface area (Å²) in [6.07, 6.45) is 0. The minimum Gasteiger partial charge on any atom is -0.357 e. The number of hydrogen-bond acceptors (Lipinski definition) is 1. The van der Waals surface area contributed by atoms with Crippen LogP contribution in [-0.2, 0) is 0 Å². The minimum atomic E-state index is -0.0926. The van der Waals surface area contributed by atoms with Crippen LogP contribution < -0.4 is 5.43 Å². The average molecular weight is 256 g/mol. The van der Waals surface area contributed by atoms with E-state index in [-0.39, 0.29) is 11.3 Å². The van der Waals surface area contributed by atoms with Crippen molar-refractivity contribution in [3.63, 3.8) is 0 Å². The van der Waals surface area contributed by atoms with Crippen LogP contribution in [0.2, 0.25) is 10.0 Å². The van der Waals surface area contributed by atoms with Gasteiger partial charge in [-0.1, -0.05) is 37.0 Å². The van der Waals surface area contributed by atoms with E-state index in [1.54, 1.807) is 18.2 Å². The molecule has 0 saturated carbocycles. The van der Waals surface area contributed by atoms with E-state index < -0.39 is 0 Å². The molecule has 16 heavy (non-hydrogen) atoms.